The van der Waals surface area contributed by atoms with Gasteiger partial charge in [0.2, 0.25) is 0 Å². The molecule has 0 fully saturated rings. The highest BCUT2D eigenvalue weighted by molar-refractivity contribution is 6.05. The maximum Gasteiger partial charge on any atom is 0.338 e. The van der Waals surface area contributed by atoms with Crippen LogP contribution < -0.4 is 20.1 Å². The summed E-state index contributed by atoms with van der Waals surface area (Å²) in [6, 6.07) is 16.7. The number of ether oxygens (including phenoxy) is 3. The van der Waals surface area contributed by atoms with E-state index in [0.29, 0.717) is 22.7 Å². The maximum atomic E-state index is 12.5. The van der Waals surface area contributed by atoms with Crippen molar-refractivity contribution in [2.45, 2.75) is 6.92 Å². The first-order valence-electron chi connectivity index (χ1n) is 10.7. The van der Waals surface area contributed by atoms with Crippen molar-refractivity contribution < 1.29 is 33.5 Å². The molecule has 0 aliphatic rings. The second kappa shape index (κ2) is 12.0. The molecule has 0 unspecified atom stereocenters. The summed E-state index contributed by atoms with van der Waals surface area (Å²) in [5.74, 6) is -1.36. The van der Waals surface area contributed by atoms with E-state index in [-0.39, 0.29) is 29.5 Å². The number of nitrogens with zero attached hydrogens (tertiary/aromatic N) is 1. The minimum Gasteiger partial charge on any atom is -0.495 e. The van der Waals surface area contributed by atoms with Gasteiger partial charge >= 0.3 is 11.7 Å². The van der Waals surface area contributed by atoms with Gasteiger partial charge in [0.05, 0.1) is 29.9 Å². The van der Waals surface area contributed by atoms with Crippen molar-refractivity contribution in [3.05, 3.63) is 88.0 Å². The third-order valence-electron chi connectivity index (χ3n) is 4.81. The van der Waals surface area contributed by atoms with Crippen LogP contribution >= 0.6 is 0 Å². The predicted octanol–water partition coefficient (Wildman–Crippen LogP) is 4.05. The fourth-order valence-corrected chi connectivity index (χ4v) is 3.12. The normalized spacial score (nSPS) is 10.2. The molecule has 2 amide bonds. The van der Waals surface area contributed by atoms with Gasteiger partial charge in [0.15, 0.2) is 12.4 Å². The number of nitro benzene ring substituents is 1. The molecule has 0 heterocycles. The SMILES string of the molecule is CCOc1ccc(C(=O)OCC(=O)Nc2ccc(C(=O)Nc3ccccc3OC)cc2)cc1[N+](=O)[O-]. The first-order valence-corrected chi connectivity index (χ1v) is 10.7. The maximum absolute atomic E-state index is 12.5. The summed E-state index contributed by atoms with van der Waals surface area (Å²) in [6.07, 6.45) is 0. The molecular formula is C25H23N3O8. The fourth-order valence-electron chi connectivity index (χ4n) is 3.12. The molecule has 2 N–H and O–H groups in total. The molecule has 3 aromatic rings. The number of nitro groups is 1. The summed E-state index contributed by atoms with van der Waals surface area (Å²) in [5, 5.41) is 16.5. The number of hydrogen-bond acceptors (Lipinski definition) is 8. The van der Waals surface area contributed by atoms with Crippen molar-refractivity contribution in [1.29, 1.82) is 0 Å². The molecule has 0 aliphatic carbocycles. The molecule has 0 saturated carbocycles. The third kappa shape index (κ3) is 6.56. The summed E-state index contributed by atoms with van der Waals surface area (Å²) < 4.78 is 15.3. The van der Waals surface area contributed by atoms with Crippen molar-refractivity contribution in [1.82, 2.24) is 0 Å². The highest BCUT2D eigenvalue weighted by atomic mass is 16.6. The molecule has 0 bridgehead atoms. The van der Waals surface area contributed by atoms with E-state index >= 15 is 0 Å². The van der Waals surface area contributed by atoms with Crippen molar-refractivity contribution >= 4 is 34.8 Å². The van der Waals surface area contributed by atoms with Crippen LogP contribution in [0.2, 0.25) is 0 Å². The number of rotatable bonds is 10. The van der Waals surface area contributed by atoms with Crippen molar-refractivity contribution in [3.8, 4) is 11.5 Å². The molecule has 0 spiro atoms. The quantitative estimate of drug-likeness (QED) is 0.244. The summed E-state index contributed by atoms with van der Waals surface area (Å²) in [7, 11) is 1.50. The molecule has 0 aromatic heterocycles. The summed E-state index contributed by atoms with van der Waals surface area (Å²) in [6.45, 7) is 1.28. The molecule has 0 atom stereocenters. The van der Waals surface area contributed by atoms with Crippen molar-refractivity contribution in [3.63, 3.8) is 0 Å². The molecule has 11 nitrogen and oxygen atoms in total. The van der Waals surface area contributed by atoms with Gasteiger partial charge < -0.3 is 24.8 Å². The minimum atomic E-state index is -0.903. The molecule has 0 saturated heterocycles. The zero-order chi connectivity index (χ0) is 26.1. The van der Waals surface area contributed by atoms with Crippen LogP contribution in [0.5, 0.6) is 11.5 Å². The van der Waals surface area contributed by atoms with E-state index in [4.69, 9.17) is 14.2 Å². The number of amides is 2. The molecular weight excluding hydrogens is 470 g/mol. The van der Waals surface area contributed by atoms with Crippen LogP contribution in [0.15, 0.2) is 66.7 Å². The number of methoxy groups -OCH3 is 1. The Morgan fingerprint density at radius 2 is 1.61 bits per heavy atom. The average molecular weight is 493 g/mol. The van der Waals surface area contributed by atoms with Gasteiger partial charge in [-0.05, 0) is 55.5 Å². The van der Waals surface area contributed by atoms with Gasteiger partial charge in [0.25, 0.3) is 11.8 Å². The van der Waals surface area contributed by atoms with Gasteiger partial charge in [-0.2, -0.15) is 0 Å². The van der Waals surface area contributed by atoms with Crippen LogP contribution in [0, 0.1) is 10.1 Å². The Morgan fingerprint density at radius 3 is 2.28 bits per heavy atom. The Bertz CT molecular complexity index is 1270. The summed E-state index contributed by atoms with van der Waals surface area (Å²) >= 11 is 0. The smallest absolute Gasteiger partial charge is 0.338 e. The number of carbonyl (C=O) groups excluding carboxylic acids is 3. The highest BCUT2D eigenvalue weighted by Crippen LogP contribution is 2.28. The van der Waals surface area contributed by atoms with Gasteiger partial charge in [0, 0.05) is 17.3 Å². The van der Waals surface area contributed by atoms with Crippen LogP contribution in [0.3, 0.4) is 0 Å². The Kier molecular flexibility index (Phi) is 8.54. The standard InChI is InChI=1S/C25H23N3O8/c1-3-35-22-13-10-17(14-20(22)28(32)33)25(31)36-15-23(29)26-18-11-8-16(9-12-18)24(30)27-19-6-4-5-7-21(19)34-2/h4-14H,3,15H2,1-2H3,(H,26,29)(H,27,30). The topological polar surface area (TPSA) is 146 Å². The Labute approximate surface area is 206 Å². The van der Waals surface area contributed by atoms with Gasteiger partial charge in [-0.15, -0.1) is 0 Å². The largest absolute Gasteiger partial charge is 0.495 e. The van der Waals surface area contributed by atoms with E-state index in [0.717, 1.165) is 6.07 Å². The van der Waals surface area contributed by atoms with Crippen LogP contribution in [-0.2, 0) is 9.53 Å². The molecule has 0 aliphatic heterocycles. The molecule has 0 radical (unpaired) electrons. The predicted molar refractivity (Wildman–Crippen MR) is 131 cm³/mol. The second-order valence-electron chi connectivity index (χ2n) is 7.23. The fraction of sp³-hybridized carbons (Fsp3) is 0.160. The lowest BCUT2D eigenvalue weighted by Gasteiger charge is -2.10. The number of nitrogens with one attached hydrogen (secondary N) is 2. The lowest BCUT2D eigenvalue weighted by Crippen LogP contribution is -2.21. The molecule has 11 heteroatoms. The van der Waals surface area contributed by atoms with Gasteiger partial charge in [-0.1, -0.05) is 12.1 Å². The molecule has 3 rings (SSSR count). The van der Waals surface area contributed by atoms with Gasteiger partial charge in [-0.3, -0.25) is 19.7 Å². The van der Waals surface area contributed by atoms with E-state index in [1.165, 1.54) is 43.5 Å². The number of esters is 1. The Morgan fingerprint density at radius 1 is 0.917 bits per heavy atom. The van der Waals surface area contributed by atoms with E-state index in [9.17, 15) is 24.5 Å². The monoisotopic (exact) mass is 493 g/mol. The number of anilines is 2. The highest BCUT2D eigenvalue weighted by Gasteiger charge is 2.20. The second-order valence-corrected chi connectivity index (χ2v) is 7.23. The Balaban J connectivity index is 1.55. The molecule has 36 heavy (non-hydrogen) atoms. The van der Waals surface area contributed by atoms with E-state index in [2.05, 4.69) is 10.6 Å². The number of para-hydroxylation sites is 2. The van der Waals surface area contributed by atoms with Gasteiger partial charge in [-0.25, -0.2) is 4.79 Å². The van der Waals surface area contributed by atoms with Crippen LogP contribution in [0.25, 0.3) is 0 Å². The van der Waals surface area contributed by atoms with Crippen LogP contribution in [0.4, 0.5) is 17.1 Å². The number of benzene rings is 3. The first-order chi connectivity index (χ1) is 17.3. The van der Waals surface area contributed by atoms with E-state index < -0.39 is 23.4 Å². The van der Waals surface area contributed by atoms with Crippen molar-refractivity contribution in [2.24, 2.45) is 0 Å². The minimum absolute atomic E-state index is 0.0248. The molecule has 3 aromatic carbocycles. The third-order valence-corrected chi connectivity index (χ3v) is 4.81. The zero-order valence-corrected chi connectivity index (χ0v) is 19.5. The number of hydrogen-bond donors (Lipinski definition) is 2. The zero-order valence-electron chi connectivity index (χ0n) is 19.5. The summed E-state index contributed by atoms with van der Waals surface area (Å²) in [4.78, 5) is 47.4. The van der Waals surface area contributed by atoms with Gasteiger partial charge in [0.1, 0.15) is 5.75 Å². The van der Waals surface area contributed by atoms with Crippen LogP contribution in [0.1, 0.15) is 27.6 Å². The first kappa shape index (κ1) is 25.7. The van der Waals surface area contributed by atoms with Crippen molar-refractivity contribution in [2.75, 3.05) is 31.0 Å². The average Bonchev–Trinajstić information content (AvgIpc) is 2.88. The van der Waals surface area contributed by atoms with Crippen LogP contribution in [-0.4, -0.2) is 43.0 Å². The lowest BCUT2D eigenvalue weighted by atomic mass is 10.2. The Hall–Kier alpha value is -4.93. The number of carbonyl (C=O) groups is 3. The van der Waals surface area contributed by atoms with E-state index in [1.807, 2.05) is 0 Å². The van der Waals surface area contributed by atoms with E-state index in [1.54, 1.807) is 31.2 Å². The summed E-state index contributed by atoms with van der Waals surface area (Å²) in [5.41, 5.74) is 0.764. The molecule has 186 valence electrons. The lowest BCUT2D eigenvalue weighted by molar-refractivity contribution is -0.385.